The first kappa shape index (κ1) is 16.4. The summed E-state index contributed by atoms with van der Waals surface area (Å²) in [6.45, 7) is 5.32. The van der Waals surface area contributed by atoms with Crippen LogP contribution in [0.15, 0.2) is 0 Å². The van der Waals surface area contributed by atoms with Gasteiger partial charge in [0.1, 0.15) is 6.04 Å². The van der Waals surface area contributed by atoms with Crippen LogP contribution in [0.25, 0.3) is 0 Å². The van der Waals surface area contributed by atoms with Crippen molar-refractivity contribution in [3.05, 3.63) is 0 Å². The molecule has 5 nitrogen and oxygen atoms in total. The van der Waals surface area contributed by atoms with Crippen LogP contribution >= 0.6 is 0 Å². The van der Waals surface area contributed by atoms with E-state index in [2.05, 4.69) is 12.2 Å². The molecule has 0 saturated carbocycles. The van der Waals surface area contributed by atoms with Crippen LogP contribution in [-0.4, -0.2) is 52.1 Å². The van der Waals surface area contributed by atoms with Crippen LogP contribution in [0.2, 0.25) is 0 Å². The van der Waals surface area contributed by atoms with Crippen molar-refractivity contribution in [2.45, 2.75) is 38.6 Å². The molecule has 0 radical (unpaired) electrons. The molecule has 1 heterocycles. The lowest BCUT2D eigenvalue weighted by molar-refractivity contribution is -0.147. The van der Waals surface area contributed by atoms with Crippen LogP contribution in [0.5, 0.6) is 0 Å². The minimum Gasteiger partial charge on any atom is -0.464 e. The Morgan fingerprint density at radius 2 is 2.11 bits per heavy atom. The minimum absolute atomic E-state index is 0.116. The van der Waals surface area contributed by atoms with Gasteiger partial charge in [0.25, 0.3) is 0 Å². The number of piperidine rings is 1. The number of hydrogen-bond donors (Lipinski definition) is 1. The van der Waals surface area contributed by atoms with Gasteiger partial charge in [-0.1, -0.05) is 13.3 Å². The highest BCUT2D eigenvalue weighted by atomic mass is 16.5. The normalized spacial score (nSPS) is 23.3. The van der Waals surface area contributed by atoms with Gasteiger partial charge in [0, 0.05) is 20.1 Å². The molecule has 0 aliphatic carbocycles. The van der Waals surface area contributed by atoms with E-state index in [0.29, 0.717) is 32.3 Å². The van der Waals surface area contributed by atoms with Gasteiger partial charge in [0.15, 0.2) is 0 Å². The largest absolute Gasteiger partial charge is 0.464 e. The van der Waals surface area contributed by atoms with Gasteiger partial charge in [-0.2, -0.15) is 0 Å². The lowest BCUT2D eigenvalue weighted by Gasteiger charge is -2.28. The molecule has 1 fully saturated rings. The zero-order chi connectivity index (χ0) is 13.9. The van der Waals surface area contributed by atoms with Crippen molar-refractivity contribution in [3.63, 3.8) is 0 Å². The van der Waals surface area contributed by atoms with Crippen molar-refractivity contribution in [2.24, 2.45) is 5.92 Å². The quantitative estimate of drug-likeness (QED) is 0.508. The summed E-state index contributed by atoms with van der Waals surface area (Å²) in [5.74, 6) is 0.534. The van der Waals surface area contributed by atoms with Crippen molar-refractivity contribution < 1.29 is 19.0 Å². The Balaban J connectivity index is 2.04. The van der Waals surface area contributed by atoms with Crippen molar-refractivity contribution in [1.82, 2.24) is 5.32 Å². The molecule has 1 rings (SSSR count). The number of carbonyl (C=O) groups excluding carboxylic acids is 1. The fourth-order valence-electron chi connectivity index (χ4n) is 2.23. The lowest BCUT2D eigenvalue weighted by Crippen LogP contribution is -2.44. The van der Waals surface area contributed by atoms with E-state index in [1.165, 1.54) is 0 Å². The molecule has 0 aromatic rings. The second kappa shape index (κ2) is 10.2. The Bertz CT molecular complexity index is 248. The van der Waals surface area contributed by atoms with Gasteiger partial charge in [0.05, 0.1) is 19.8 Å². The second-order valence-electron chi connectivity index (χ2n) is 4.93. The van der Waals surface area contributed by atoms with Crippen LogP contribution in [0, 0.1) is 5.92 Å². The molecular formula is C14H27NO4. The molecule has 1 aliphatic rings. The molecule has 1 aliphatic heterocycles. The summed E-state index contributed by atoms with van der Waals surface area (Å²) in [6, 6.07) is -0.117. The predicted molar refractivity (Wildman–Crippen MR) is 73.1 cm³/mol. The smallest absolute Gasteiger partial charge is 0.323 e. The number of carbonyl (C=O) groups is 1. The summed E-state index contributed by atoms with van der Waals surface area (Å²) in [6.07, 6.45) is 3.94. The summed E-state index contributed by atoms with van der Waals surface area (Å²) >= 11 is 0. The maximum atomic E-state index is 11.8. The van der Waals surface area contributed by atoms with Crippen LogP contribution in [-0.2, 0) is 19.0 Å². The second-order valence-corrected chi connectivity index (χ2v) is 4.93. The molecule has 0 aromatic carbocycles. The van der Waals surface area contributed by atoms with E-state index in [9.17, 15) is 4.79 Å². The summed E-state index contributed by atoms with van der Waals surface area (Å²) in [4.78, 5) is 11.8. The van der Waals surface area contributed by atoms with Crippen molar-refractivity contribution in [2.75, 3.05) is 40.1 Å². The van der Waals surface area contributed by atoms with Gasteiger partial charge < -0.3 is 19.5 Å². The average Bonchev–Trinajstić information content (AvgIpc) is 2.46. The Hall–Kier alpha value is -0.650. The summed E-state index contributed by atoms with van der Waals surface area (Å²) in [5.41, 5.74) is 0. The molecule has 0 bridgehead atoms. The van der Waals surface area contributed by atoms with Crippen LogP contribution in [0.3, 0.4) is 0 Å². The van der Waals surface area contributed by atoms with E-state index in [4.69, 9.17) is 14.2 Å². The number of esters is 1. The fourth-order valence-corrected chi connectivity index (χ4v) is 2.23. The van der Waals surface area contributed by atoms with E-state index in [1.54, 1.807) is 7.11 Å². The third kappa shape index (κ3) is 6.89. The molecule has 2 atom stereocenters. The van der Waals surface area contributed by atoms with Gasteiger partial charge >= 0.3 is 5.97 Å². The number of nitrogens with one attached hydrogen (secondary N) is 1. The molecule has 0 amide bonds. The van der Waals surface area contributed by atoms with Gasteiger partial charge in [-0.25, -0.2) is 0 Å². The SMILES string of the molecule is CCC1CCNC(C(=O)OCCCOCCOC)C1. The fraction of sp³-hybridized carbons (Fsp3) is 0.929. The molecule has 19 heavy (non-hydrogen) atoms. The van der Waals surface area contributed by atoms with Crippen LogP contribution in [0.4, 0.5) is 0 Å². The van der Waals surface area contributed by atoms with Crippen molar-refractivity contribution in [3.8, 4) is 0 Å². The topological polar surface area (TPSA) is 56.8 Å². The zero-order valence-corrected chi connectivity index (χ0v) is 12.2. The monoisotopic (exact) mass is 273 g/mol. The van der Waals surface area contributed by atoms with Gasteiger partial charge in [-0.3, -0.25) is 4.79 Å². The van der Waals surface area contributed by atoms with E-state index in [1.807, 2.05) is 0 Å². The van der Waals surface area contributed by atoms with E-state index in [0.717, 1.165) is 32.2 Å². The number of hydrogen-bond acceptors (Lipinski definition) is 5. The summed E-state index contributed by atoms with van der Waals surface area (Å²) < 4.78 is 15.4. The third-order valence-electron chi connectivity index (χ3n) is 3.48. The highest BCUT2D eigenvalue weighted by Gasteiger charge is 2.26. The molecule has 2 unspecified atom stereocenters. The minimum atomic E-state index is -0.117. The highest BCUT2D eigenvalue weighted by molar-refractivity contribution is 5.75. The predicted octanol–water partition coefficient (Wildman–Crippen LogP) is 1.36. The van der Waals surface area contributed by atoms with Crippen LogP contribution in [0.1, 0.15) is 32.6 Å². The maximum Gasteiger partial charge on any atom is 0.323 e. The number of rotatable bonds is 9. The Morgan fingerprint density at radius 3 is 2.84 bits per heavy atom. The van der Waals surface area contributed by atoms with Gasteiger partial charge in [0.2, 0.25) is 0 Å². The van der Waals surface area contributed by atoms with E-state index >= 15 is 0 Å². The first-order valence-electron chi connectivity index (χ1n) is 7.24. The summed E-state index contributed by atoms with van der Waals surface area (Å²) in [5, 5.41) is 3.23. The molecule has 0 aromatic heterocycles. The molecule has 1 N–H and O–H groups in total. The maximum absolute atomic E-state index is 11.8. The average molecular weight is 273 g/mol. The zero-order valence-electron chi connectivity index (χ0n) is 12.2. The Morgan fingerprint density at radius 1 is 1.26 bits per heavy atom. The van der Waals surface area contributed by atoms with Gasteiger partial charge in [-0.15, -0.1) is 0 Å². The number of methoxy groups -OCH3 is 1. The first-order chi connectivity index (χ1) is 9.27. The third-order valence-corrected chi connectivity index (χ3v) is 3.48. The molecule has 5 heteroatoms. The van der Waals surface area contributed by atoms with Gasteiger partial charge in [-0.05, 0) is 25.3 Å². The highest BCUT2D eigenvalue weighted by Crippen LogP contribution is 2.19. The van der Waals surface area contributed by atoms with E-state index < -0.39 is 0 Å². The van der Waals surface area contributed by atoms with Crippen LogP contribution < -0.4 is 5.32 Å². The number of ether oxygens (including phenoxy) is 3. The molecular weight excluding hydrogens is 246 g/mol. The van der Waals surface area contributed by atoms with E-state index in [-0.39, 0.29) is 12.0 Å². The Labute approximate surface area is 116 Å². The molecule has 1 saturated heterocycles. The summed E-state index contributed by atoms with van der Waals surface area (Å²) in [7, 11) is 1.64. The van der Waals surface area contributed by atoms with Crippen molar-refractivity contribution in [1.29, 1.82) is 0 Å². The molecule has 112 valence electrons. The molecule has 0 spiro atoms. The van der Waals surface area contributed by atoms with Crippen molar-refractivity contribution >= 4 is 5.97 Å². The first-order valence-corrected chi connectivity index (χ1v) is 7.24. The Kier molecular flexibility index (Phi) is 8.79. The lowest BCUT2D eigenvalue weighted by atomic mass is 9.90. The standard InChI is InChI=1S/C14H27NO4/c1-3-12-5-6-15-13(11-12)14(16)19-8-4-7-18-10-9-17-2/h12-13,15H,3-11H2,1-2H3.